The van der Waals surface area contributed by atoms with E-state index in [-0.39, 0.29) is 11.0 Å². The van der Waals surface area contributed by atoms with Gasteiger partial charge in [0, 0.05) is 45.3 Å². The second-order valence-electron chi connectivity index (χ2n) is 9.99. The Labute approximate surface area is 210 Å². The van der Waals surface area contributed by atoms with E-state index in [1.165, 1.54) is 12.2 Å². The van der Waals surface area contributed by atoms with Crippen LogP contribution in [0.3, 0.4) is 0 Å². The third kappa shape index (κ3) is 4.38. The number of carbonyl (C=O) groups excluding carboxylic acids is 3. The van der Waals surface area contributed by atoms with Crippen molar-refractivity contribution in [2.45, 2.75) is 55.2 Å². The predicted octanol–water partition coefficient (Wildman–Crippen LogP) is 0.0162. The van der Waals surface area contributed by atoms with Gasteiger partial charge in [-0.1, -0.05) is 31.1 Å². The van der Waals surface area contributed by atoms with E-state index >= 15 is 0 Å². The number of allylic oxidation sites excluding steroid dienone is 6. The summed E-state index contributed by atoms with van der Waals surface area (Å²) in [4.78, 5) is 37.3. The molecule has 10 nitrogen and oxygen atoms in total. The summed E-state index contributed by atoms with van der Waals surface area (Å²) in [7, 11) is -1.32. The van der Waals surface area contributed by atoms with Gasteiger partial charge in [-0.2, -0.15) is 0 Å². The number of Topliss-reactive ketones (excluding diaryl/α,β-unsaturated/α-hetero) is 1. The minimum absolute atomic E-state index is 0.0387. The van der Waals surface area contributed by atoms with Gasteiger partial charge in [-0.05, 0) is 31.3 Å². The highest BCUT2D eigenvalue weighted by Gasteiger charge is 2.65. The molecule has 4 aliphatic rings. The zero-order chi connectivity index (χ0) is 26.4. The predicted molar refractivity (Wildman–Crippen MR) is 129 cm³/mol. The van der Waals surface area contributed by atoms with E-state index in [9.17, 15) is 44.1 Å². The van der Waals surface area contributed by atoms with E-state index in [2.05, 4.69) is 0 Å². The monoisotopic (exact) mass is 521 g/mol. The Kier molecular flexibility index (Phi) is 7.38. The highest BCUT2D eigenvalue weighted by Crippen LogP contribution is 2.51. The van der Waals surface area contributed by atoms with Gasteiger partial charge in [0.25, 0.3) is 0 Å². The topological polar surface area (TPSA) is 195 Å². The smallest absolute Gasteiger partial charge is 0.230 e. The van der Waals surface area contributed by atoms with E-state index in [0.29, 0.717) is 0 Å². The summed E-state index contributed by atoms with van der Waals surface area (Å²) in [6.45, 7) is 0. The molecule has 7 N–H and O–H groups in total. The van der Waals surface area contributed by atoms with E-state index in [0.717, 1.165) is 37.8 Å². The number of aliphatic hydroxyl groups excluding tert-OH is 4. The molecule has 11 heteroatoms. The minimum atomic E-state index is -2.84. The van der Waals surface area contributed by atoms with E-state index in [1.54, 1.807) is 6.08 Å². The molecule has 0 spiro atoms. The van der Waals surface area contributed by atoms with Crippen molar-refractivity contribution >= 4 is 28.3 Å². The van der Waals surface area contributed by atoms with Gasteiger partial charge in [-0.25, -0.2) is 0 Å². The fraction of sp³-hybridized carbons (Fsp3) is 0.560. The summed E-state index contributed by atoms with van der Waals surface area (Å²) < 4.78 is 13.2. The Balaban J connectivity index is 1.88. The van der Waals surface area contributed by atoms with Gasteiger partial charge in [-0.15, -0.1) is 0 Å². The number of hydrogen-bond acceptors (Lipinski definition) is 9. The van der Waals surface area contributed by atoms with Crippen molar-refractivity contribution in [2.75, 3.05) is 5.75 Å². The Morgan fingerprint density at radius 3 is 2.44 bits per heavy atom. The standard InChI is InChI=1S/C25H31NO9S/c26-24(33)20-17(29)10-15-21(30)18-12(11-36(35)14-7-3-4-8-14)5-1-2-6-13(27)9-16(28)19(18)22(31)25(15,34)23(20)32/h1-2,5-6,9,12,14-15,17-18,20-21,28-31,34H,3-4,7-8,10-11H2,(H2,26,33)/b5-1+,6-2-,16-9?/t12-,15-,17?,18-,20?,21-,25+,36?/m1/s1. The first-order chi connectivity index (χ1) is 17.0. The molecule has 2 fully saturated rings. The van der Waals surface area contributed by atoms with Crippen LogP contribution in [0.4, 0.5) is 0 Å². The van der Waals surface area contributed by atoms with Crippen LogP contribution in [-0.4, -0.2) is 76.0 Å². The highest BCUT2D eigenvalue weighted by atomic mass is 32.2. The van der Waals surface area contributed by atoms with Crippen LogP contribution in [0.15, 0.2) is 47.5 Å². The van der Waals surface area contributed by atoms with Crippen LogP contribution < -0.4 is 5.73 Å². The lowest BCUT2D eigenvalue weighted by Crippen LogP contribution is -2.66. The Morgan fingerprint density at radius 2 is 1.81 bits per heavy atom. The maximum atomic E-state index is 13.2. The summed E-state index contributed by atoms with van der Waals surface area (Å²) in [5, 5.41) is 55.5. The largest absolute Gasteiger partial charge is 0.508 e. The fourth-order valence-electron chi connectivity index (χ4n) is 6.08. The minimum Gasteiger partial charge on any atom is -0.508 e. The van der Waals surface area contributed by atoms with Gasteiger partial charge >= 0.3 is 0 Å². The molecule has 196 valence electrons. The number of primary amides is 1. The van der Waals surface area contributed by atoms with Crippen molar-refractivity contribution in [3.05, 3.63) is 47.5 Å². The SMILES string of the molecule is NC(=O)C1C(=O)[C@@]2(O)C(O)=C3C(O)=CC(=O)/C=C\C=C\[C@H](CS(=O)C4CCCC4)[C@H]3[C@H](O)[C@H]2CC1O. The van der Waals surface area contributed by atoms with E-state index in [1.807, 2.05) is 0 Å². The average molecular weight is 522 g/mol. The first kappa shape index (κ1) is 26.5. The van der Waals surface area contributed by atoms with E-state index in [4.69, 9.17) is 5.73 Å². The molecule has 2 saturated carbocycles. The van der Waals surface area contributed by atoms with Gasteiger partial charge < -0.3 is 31.3 Å². The number of ketones is 2. The molecule has 0 aromatic heterocycles. The first-order valence-corrected chi connectivity index (χ1v) is 13.4. The van der Waals surface area contributed by atoms with Crippen LogP contribution in [0.1, 0.15) is 32.1 Å². The number of hydrogen-bond donors (Lipinski definition) is 6. The second kappa shape index (κ2) is 10.0. The molecule has 4 aliphatic carbocycles. The lowest BCUT2D eigenvalue weighted by molar-refractivity contribution is -0.179. The molecule has 3 unspecified atom stereocenters. The van der Waals surface area contributed by atoms with Crippen molar-refractivity contribution < 1.29 is 44.1 Å². The van der Waals surface area contributed by atoms with Crippen molar-refractivity contribution in [1.29, 1.82) is 0 Å². The third-order valence-corrected chi connectivity index (χ3v) is 9.82. The molecule has 0 aromatic carbocycles. The lowest BCUT2D eigenvalue weighted by Gasteiger charge is -2.51. The van der Waals surface area contributed by atoms with Crippen LogP contribution in [0.2, 0.25) is 0 Å². The molecule has 0 aromatic rings. The van der Waals surface area contributed by atoms with Gasteiger partial charge in [0.05, 0.1) is 12.2 Å². The molecule has 4 rings (SSSR count). The average Bonchev–Trinajstić information content (AvgIpc) is 3.35. The summed E-state index contributed by atoms with van der Waals surface area (Å²) in [5.41, 5.74) is 1.97. The Morgan fingerprint density at radius 1 is 1.14 bits per heavy atom. The molecule has 0 heterocycles. The maximum Gasteiger partial charge on any atom is 0.230 e. The van der Waals surface area contributed by atoms with Crippen LogP contribution in [0.5, 0.6) is 0 Å². The molecule has 8 atom stereocenters. The van der Waals surface area contributed by atoms with Crippen molar-refractivity contribution in [1.82, 2.24) is 0 Å². The summed E-state index contributed by atoms with van der Waals surface area (Å²) in [6.07, 6.45) is 6.32. The first-order valence-electron chi connectivity index (χ1n) is 12.0. The number of nitrogens with two attached hydrogens (primary N) is 1. The molecule has 0 radical (unpaired) electrons. The number of aliphatic hydroxyl groups is 5. The van der Waals surface area contributed by atoms with Crippen LogP contribution >= 0.6 is 0 Å². The Hall–Kier alpha value is -2.60. The van der Waals surface area contributed by atoms with Crippen LogP contribution in [0, 0.1) is 23.7 Å². The third-order valence-electron chi connectivity index (χ3n) is 7.89. The molecule has 0 saturated heterocycles. The van der Waals surface area contributed by atoms with Gasteiger partial charge in [-0.3, -0.25) is 18.6 Å². The number of rotatable bonds is 4. The summed E-state index contributed by atoms with van der Waals surface area (Å²) in [5.74, 6) is -10.2. The molecule has 1 amide bonds. The lowest BCUT2D eigenvalue weighted by atomic mass is 9.57. The molecular formula is C25H31NO9S. The molecule has 0 aliphatic heterocycles. The van der Waals surface area contributed by atoms with Crippen molar-refractivity contribution in [3.63, 3.8) is 0 Å². The van der Waals surface area contributed by atoms with Gasteiger partial charge in [0.1, 0.15) is 17.4 Å². The molecule has 0 bridgehead atoms. The quantitative estimate of drug-likeness (QED) is 0.276. The number of carbonyl (C=O) groups is 3. The van der Waals surface area contributed by atoms with Crippen molar-refractivity contribution in [2.24, 2.45) is 29.4 Å². The summed E-state index contributed by atoms with van der Waals surface area (Å²) >= 11 is 0. The summed E-state index contributed by atoms with van der Waals surface area (Å²) in [6, 6.07) is 0. The fourth-order valence-corrected chi connectivity index (χ4v) is 7.91. The van der Waals surface area contributed by atoms with Gasteiger partial charge in [0.2, 0.25) is 5.91 Å². The molecule has 36 heavy (non-hydrogen) atoms. The van der Waals surface area contributed by atoms with Crippen LogP contribution in [0.25, 0.3) is 0 Å². The van der Waals surface area contributed by atoms with Crippen molar-refractivity contribution in [3.8, 4) is 0 Å². The number of fused-ring (bicyclic) bond motifs is 2. The number of amides is 1. The van der Waals surface area contributed by atoms with Crippen LogP contribution in [-0.2, 0) is 25.2 Å². The second-order valence-corrected chi connectivity index (χ2v) is 11.8. The van der Waals surface area contributed by atoms with Gasteiger partial charge in [0.15, 0.2) is 17.2 Å². The normalized spacial score (nSPS) is 40.1. The Bertz CT molecular complexity index is 1100. The maximum absolute atomic E-state index is 13.2. The highest BCUT2D eigenvalue weighted by molar-refractivity contribution is 7.85. The zero-order valence-electron chi connectivity index (χ0n) is 19.5. The zero-order valence-corrected chi connectivity index (χ0v) is 20.3. The van der Waals surface area contributed by atoms with E-state index < -0.39 is 93.3 Å². The molecular weight excluding hydrogens is 490 g/mol.